The second-order valence-corrected chi connectivity index (χ2v) is 8.28. The maximum Gasteiger partial charge on any atom is 0.347 e. The van der Waals surface area contributed by atoms with Gasteiger partial charge in [0.15, 0.2) is 0 Å². The Labute approximate surface area is 183 Å². The minimum atomic E-state index is -0.579. The Balaban J connectivity index is 1.47. The number of anilines is 1. The fraction of sp³-hybridized carbons (Fsp3) is 0.250. The molecule has 1 aliphatic heterocycles. The summed E-state index contributed by atoms with van der Waals surface area (Å²) in [6.45, 7) is 1.98. The van der Waals surface area contributed by atoms with E-state index in [1.807, 2.05) is 43.3 Å². The van der Waals surface area contributed by atoms with Gasteiger partial charge in [-0.3, -0.25) is 9.59 Å². The molecule has 3 atom stereocenters. The van der Waals surface area contributed by atoms with Crippen LogP contribution in [0.2, 0.25) is 0 Å². The highest BCUT2D eigenvalue weighted by atomic mass is 16.2. The summed E-state index contributed by atoms with van der Waals surface area (Å²) in [7, 11) is 0. The zero-order valence-electron chi connectivity index (χ0n) is 17.5. The van der Waals surface area contributed by atoms with Crippen LogP contribution in [0.1, 0.15) is 24.9 Å². The Morgan fingerprint density at radius 2 is 1.56 bits per heavy atom. The van der Waals surface area contributed by atoms with Crippen LogP contribution in [0.4, 0.5) is 5.69 Å². The third-order valence-electron chi connectivity index (χ3n) is 6.33. The molecule has 1 aromatic heterocycles. The Morgan fingerprint density at radius 3 is 2.25 bits per heavy atom. The van der Waals surface area contributed by atoms with Gasteiger partial charge in [0, 0.05) is 0 Å². The summed E-state index contributed by atoms with van der Waals surface area (Å²) in [4.78, 5) is 53.0. The molecule has 0 saturated carbocycles. The second-order valence-electron chi connectivity index (χ2n) is 8.28. The fourth-order valence-electron chi connectivity index (χ4n) is 4.69. The first-order valence-electron chi connectivity index (χ1n) is 10.5. The van der Waals surface area contributed by atoms with E-state index >= 15 is 0 Å². The molecule has 2 amide bonds. The number of hydrogen-bond donors (Lipinski definition) is 1. The molecule has 1 fully saturated rings. The number of aromatic nitrogens is 3. The average Bonchev–Trinajstić information content (AvgIpc) is 3.21. The van der Waals surface area contributed by atoms with E-state index in [1.165, 1.54) is 9.58 Å². The predicted molar refractivity (Wildman–Crippen MR) is 118 cm³/mol. The van der Waals surface area contributed by atoms with Crippen molar-refractivity contribution in [3.8, 4) is 0 Å². The van der Waals surface area contributed by atoms with Gasteiger partial charge in [0.25, 0.3) is 0 Å². The highest BCUT2D eigenvalue weighted by molar-refractivity contribution is 6.22. The summed E-state index contributed by atoms with van der Waals surface area (Å²) in [5.41, 5.74) is 1.18. The van der Waals surface area contributed by atoms with Crippen molar-refractivity contribution in [2.75, 3.05) is 4.90 Å². The monoisotopic (exact) mass is 430 g/mol. The highest BCUT2D eigenvalue weighted by Crippen LogP contribution is 2.42. The molecule has 2 aromatic carbocycles. The molecule has 0 spiro atoms. The number of benzene rings is 2. The number of H-pyrrole nitrogens is 1. The molecule has 2 heterocycles. The molecular weight excluding hydrogens is 408 g/mol. The topological polar surface area (TPSA) is 97.2 Å². The number of hydrogen-bond acceptors (Lipinski definition) is 4. The molecular formula is C24H22N4O4. The van der Waals surface area contributed by atoms with Crippen molar-refractivity contribution in [3.05, 3.63) is 98.8 Å². The number of nitrogens with one attached hydrogen (secondary N) is 1. The van der Waals surface area contributed by atoms with Gasteiger partial charge in [-0.05, 0) is 31.0 Å². The lowest BCUT2D eigenvalue weighted by molar-refractivity contribution is -0.122. The van der Waals surface area contributed by atoms with E-state index in [1.54, 1.807) is 30.3 Å². The van der Waals surface area contributed by atoms with Crippen molar-refractivity contribution in [2.45, 2.75) is 25.9 Å². The van der Waals surface area contributed by atoms with E-state index in [0.717, 1.165) is 15.7 Å². The van der Waals surface area contributed by atoms with Crippen LogP contribution in [0, 0.1) is 11.8 Å². The van der Waals surface area contributed by atoms with E-state index in [2.05, 4.69) is 5.10 Å². The average molecular weight is 430 g/mol. The molecule has 1 N–H and O–H groups in total. The number of rotatable bonds is 4. The molecule has 0 radical (unpaired) electrons. The number of imide groups is 1. The van der Waals surface area contributed by atoms with Crippen LogP contribution in [0.15, 0.2) is 81.9 Å². The second kappa shape index (κ2) is 7.64. The van der Waals surface area contributed by atoms with E-state index in [4.69, 9.17) is 0 Å². The molecule has 8 nitrogen and oxygen atoms in total. The van der Waals surface area contributed by atoms with Crippen LogP contribution in [0.5, 0.6) is 0 Å². The number of amides is 2. The number of carbonyl (C=O) groups is 2. The minimum absolute atomic E-state index is 0.155. The van der Waals surface area contributed by atoms with Crippen LogP contribution in [-0.2, 0) is 16.1 Å². The molecule has 0 unspecified atom stereocenters. The van der Waals surface area contributed by atoms with Gasteiger partial charge >= 0.3 is 11.4 Å². The molecule has 1 saturated heterocycles. The lowest BCUT2D eigenvalue weighted by Gasteiger charge is -2.27. The molecule has 1 aliphatic carbocycles. The Bertz CT molecular complexity index is 1330. The Morgan fingerprint density at radius 1 is 0.906 bits per heavy atom. The molecule has 2 aliphatic rings. The lowest BCUT2D eigenvalue weighted by atomic mass is 9.80. The summed E-state index contributed by atoms with van der Waals surface area (Å²) in [6.07, 6.45) is 2.04. The van der Waals surface area contributed by atoms with E-state index in [-0.39, 0.29) is 24.8 Å². The predicted octanol–water partition coefficient (Wildman–Crippen LogP) is 2.08. The Kier molecular flexibility index (Phi) is 4.77. The summed E-state index contributed by atoms with van der Waals surface area (Å²) in [6, 6.07) is 17.6. The van der Waals surface area contributed by atoms with Gasteiger partial charge in [0.05, 0.1) is 30.1 Å². The van der Waals surface area contributed by atoms with E-state index in [9.17, 15) is 19.2 Å². The maximum atomic E-state index is 13.1. The number of aromatic amines is 1. The number of para-hydroxylation sites is 1. The first-order valence-corrected chi connectivity index (χ1v) is 10.5. The Hall–Kier alpha value is -3.94. The van der Waals surface area contributed by atoms with Crippen LogP contribution in [0.3, 0.4) is 0 Å². The summed E-state index contributed by atoms with van der Waals surface area (Å²) in [5.74, 6) is -1.68. The van der Waals surface area contributed by atoms with Crippen LogP contribution >= 0.6 is 0 Å². The zero-order chi connectivity index (χ0) is 22.4. The van der Waals surface area contributed by atoms with Crippen molar-refractivity contribution in [2.24, 2.45) is 11.8 Å². The van der Waals surface area contributed by atoms with Crippen molar-refractivity contribution >= 4 is 17.5 Å². The third kappa shape index (κ3) is 3.15. The van der Waals surface area contributed by atoms with Gasteiger partial charge in [-0.2, -0.15) is 0 Å². The number of allylic oxidation sites excluding steroid dienone is 1. The summed E-state index contributed by atoms with van der Waals surface area (Å²) < 4.78 is 2.43. The van der Waals surface area contributed by atoms with Crippen LogP contribution < -0.4 is 16.3 Å². The summed E-state index contributed by atoms with van der Waals surface area (Å²) >= 11 is 0. The smallest absolute Gasteiger partial charge is 0.274 e. The van der Waals surface area contributed by atoms with Crippen LogP contribution in [0.25, 0.3) is 0 Å². The van der Waals surface area contributed by atoms with Gasteiger partial charge in [0.1, 0.15) is 0 Å². The third-order valence-corrected chi connectivity index (χ3v) is 6.33. The fourth-order valence-corrected chi connectivity index (χ4v) is 4.69. The molecule has 32 heavy (non-hydrogen) atoms. The van der Waals surface area contributed by atoms with Gasteiger partial charge in [-0.15, -0.1) is 0 Å². The largest absolute Gasteiger partial charge is 0.347 e. The van der Waals surface area contributed by atoms with Crippen LogP contribution in [-0.4, -0.2) is 26.2 Å². The maximum absolute atomic E-state index is 13.1. The van der Waals surface area contributed by atoms with Crippen molar-refractivity contribution in [1.29, 1.82) is 0 Å². The van der Waals surface area contributed by atoms with E-state index < -0.39 is 29.3 Å². The molecule has 3 aromatic rings. The van der Waals surface area contributed by atoms with Crippen molar-refractivity contribution < 1.29 is 9.59 Å². The molecule has 5 rings (SSSR count). The first kappa shape index (κ1) is 20.0. The van der Waals surface area contributed by atoms with Gasteiger partial charge in [0.2, 0.25) is 11.8 Å². The van der Waals surface area contributed by atoms with Gasteiger partial charge in [-0.25, -0.2) is 28.8 Å². The number of nitrogens with zero attached hydrogens (tertiary/aromatic N) is 3. The number of fused-ring (bicyclic) bond motifs is 1. The zero-order valence-corrected chi connectivity index (χ0v) is 17.5. The molecule has 162 valence electrons. The van der Waals surface area contributed by atoms with Crippen molar-refractivity contribution in [1.82, 2.24) is 14.3 Å². The number of carbonyl (C=O) groups excluding carboxylic acids is 2. The first-order chi connectivity index (χ1) is 15.5. The highest BCUT2D eigenvalue weighted by Gasteiger charge is 2.50. The summed E-state index contributed by atoms with van der Waals surface area (Å²) in [5, 5.41) is 2.64. The lowest BCUT2D eigenvalue weighted by Crippen LogP contribution is -2.35. The standard InChI is InChI=1S/C24H22N4O4/c1-15-12-18-19(22(30)27(21(18)29)17-10-6-3-7-11-17)13-20(15)28-24(32)26(23(31)25-28)14-16-8-4-2-5-9-16/h2-12,18-20H,13-14H2,1H3,(H,25,31)/t18-,19+,20+/m0/s1. The van der Waals surface area contributed by atoms with Gasteiger partial charge < -0.3 is 0 Å². The van der Waals surface area contributed by atoms with Crippen molar-refractivity contribution in [3.63, 3.8) is 0 Å². The van der Waals surface area contributed by atoms with E-state index in [0.29, 0.717) is 5.69 Å². The van der Waals surface area contributed by atoms with Gasteiger partial charge in [-0.1, -0.05) is 60.2 Å². The quantitative estimate of drug-likeness (QED) is 0.506. The molecule has 0 bridgehead atoms. The minimum Gasteiger partial charge on any atom is -0.274 e. The SMILES string of the molecule is CC1=C[C@@H]2C(=O)N(c3ccccc3)C(=O)[C@@H]2C[C@H]1n1[nH]c(=O)n(Cc2ccccc2)c1=O. The molecule has 8 heteroatoms. The normalized spacial score (nSPS) is 22.7.